The molecule has 0 aliphatic heterocycles. The van der Waals surface area contributed by atoms with E-state index < -0.39 is 0 Å². The zero-order valence-corrected chi connectivity index (χ0v) is 10.5. The van der Waals surface area contributed by atoms with E-state index >= 15 is 0 Å². The highest BCUT2D eigenvalue weighted by molar-refractivity contribution is 7.15. The van der Waals surface area contributed by atoms with Gasteiger partial charge < -0.3 is 10.5 Å². The Morgan fingerprint density at radius 1 is 1.47 bits per heavy atom. The van der Waals surface area contributed by atoms with Gasteiger partial charge in [0.05, 0.1) is 18.4 Å². The lowest BCUT2D eigenvalue weighted by atomic mass is 10.2. The molecule has 0 aliphatic rings. The highest BCUT2D eigenvalue weighted by Crippen LogP contribution is 2.36. The zero-order valence-electron chi connectivity index (χ0n) is 9.66. The second-order valence-corrected chi connectivity index (χ2v) is 4.63. The lowest BCUT2D eigenvalue weighted by Gasteiger charge is -2.06. The first-order chi connectivity index (χ1) is 8.17. The number of nitrogens with two attached hydrogens (primary N) is 1. The Balaban J connectivity index is 2.59. The molecule has 0 saturated carbocycles. The smallest absolute Gasteiger partial charge is 0.137 e. The van der Waals surface area contributed by atoms with E-state index in [4.69, 9.17) is 10.5 Å². The number of rotatable bonds is 3. The molecular formula is C12H13FN2OS. The predicted octanol–water partition coefficient (Wildman–Crippen LogP) is 2.72. The Hall–Kier alpha value is -1.46. The first-order valence-electron chi connectivity index (χ1n) is 5.16. The van der Waals surface area contributed by atoms with Crippen LogP contribution in [0.2, 0.25) is 0 Å². The number of thiazole rings is 1. The van der Waals surface area contributed by atoms with E-state index in [9.17, 15) is 4.39 Å². The van der Waals surface area contributed by atoms with Crippen molar-refractivity contribution >= 4 is 11.3 Å². The molecule has 5 heteroatoms. The van der Waals surface area contributed by atoms with Gasteiger partial charge in [-0.05, 0) is 19.1 Å². The molecular weight excluding hydrogens is 239 g/mol. The standard InChI is InChI=1S/C12H13FN2OS/c1-7-10(6-14)17-12(15-7)11-8(13)4-3-5-9(11)16-2/h3-5H,6,14H2,1-2H3. The molecule has 90 valence electrons. The lowest BCUT2D eigenvalue weighted by Crippen LogP contribution is -1.94. The summed E-state index contributed by atoms with van der Waals surface area (Å²) in [6.45, 7) is 2.29. The Kier molecular flexibility index (Phi) is 3.40. The van der Waals surface area contributed by atoms with Crippen molar-refractivity contribution in [1.29, 1.82) is 0 Å². The van der Waals surface area contributed by atoms with Gasteiger partial charge in [-0.3, -0.25) is 0 Å². The van der Waals surface area contributed by atoms with Crippen LogP contribution in [0.5, 0.6) is 5.75 Å². The van der Waals surface area contributed by atoms with Gasteiger partial charge in [0.2, 0.25) is 0 Å². The monoisotopic (exact) mass is 252 g/mol. The van der Waals surface area contributed by atoms with Crippen molar-refractivity contribution in [3.8, 4) is 16.3 Å². The van der Waals surface area contributed by atoms with Crippen molar-refractivity contribution in [3.05, 3.63) is 34.6 Å². The van der Waals surface area contributed by atoms with Gasteiger partial charge in [-0.1, -0.05) is 6.07 Å². The molecule has 2 N–H and O–H groups in total. The molecule has 0 amide bonds. The van der Waals surface area contributed by atoms with Crippen LogP contribution in [0, 0.1) is 12.7 Å². The highest BCUT2D eigenvalue weighted by atomic mass is 32.1. The molecule has 1 heterocycles. The van der Waals surface area contributed by atoms with Crippen LogP contribution in [-0.4, -0.2) is 12.1 Å². The van der Waals surface area contributed by atoms with Crippen LogP contribution >= 0.6 is 11.3 Å². The fourth-order valence-electron chi connectivity index (χ4n) is 1.61. The highest BCUT2D eigenvalue weighted by Gasteiger charge is 2.16. The summed E-state index contributed by atoms with van der Waals surface area (Å²) in [5, 5.41) is 0.609. The fraction of sp³-hybridized carbons (Fsp3) is 0.250. The van der Waals surface area contributed by atoms with E-state index in [1.165, 1.54) is 24.5 Å². The Morgan fingerprint density at radius 3 is 2.82 bits per heavy atom. The number of halogens is 1. The molecule has 0 aliphatic carbocycles. The topological polar surface area (TPSA) is 48.1 Å². The second kappa shape index (κ2) is 4.81. The van der Waals surface area contributed by atoms with Crippen LogP contribution in [0.1, 0.15) is 10.6 Å². The molecule has 0 spiro atoms. The second-order valence-electron chi connectivity index (χ2n) is 3.55. The quantitative estimate of drug-likeness (QED) is 0.913. The molecule has 2 aromatic rings. The molecule has 2 rings (SSSR count). The third-order valence-electron chi connectivity index (χ3n) is 2.49. The number of methoxy groups -OCH3 is 1. The normalized spacial score (nSPS) is 10.6. The Morgan fingerprint density at radius 2 is 2.24 bits per heavy atom. The minimum atomic E-state index is -0.332. The van der Waals surface area contributed by atoms with E-state index in [2.05, 4.69) is 4.98 Å². The van der Waals surface area contributed by atoms with E-state index in [-0.39, 0.29) is 5.82 Å². The van der Waals surface area contributed by atoms with Gasteiger partial charge in [0.15, 0.2) is 0 Å². The molecule has 1 aromatic heterocycles. The summed E-state index contributed by atoms with van der Waals surface area (Å²) in [6, 6.07) is 4.73. The molecule has 17 heavy (non-hydrogen) atoms. The maximum Gasteiger partial charge on any atom is 0.137 e. The predicted molar refractivity (Wildman–Crippen MR) is 66.7 cm³/mol. The van der Waals surface area contributed by atoms with Gasteiger partial charge in [0.1, 0.15) is 16.6 Å². The SMILES string of the molecule is COc1cccc(F)c1-c1nc(C)c(CN)s1. The van der Waals surface area contributed by atoms with Crippen LogP contribution in [0.25, 0.3) is 10.6 Å². The average molecular weight is 252 g/mol. The first-order valence-corrected chi connectivity index (χ1v) is 5.98. The lowest BCUT2D eigenvalue weighted by molar-refractivity contribution is 0.413. The third kappa shape index (κ3) is 2.16. The molecule has 0 unspecified atom stereocenters. The van der Waals surface area contributed by atoms with E-state index in [1.807, 2.05) is 6.92 Å². The molecule has 3 nitrogen and oxygen atoms in total. The summed E-state index contributed by atoms with van der Waals surface area (Å²) < 4.78 is 19.0. The van der Waals surface area contributed by atoms with Crippen molar-refractivity contribution < 1.29 is 9.13 Å². The molecule has 0 fully saturated rings. The summed E-state index contributed by atoms with van der Waals surface area (Å²) in [6.07, 6.45) is 0. The number of aromatic nitrogens is 1. The molecule has 1 aromatic carbocycles. The Labute approximate surface area is 103 Å². The van der Waals surface area contributed by atoms with E-state index in [0.29, 0.717) is 22.9 Å². The van der Waals surface area contributed by atoms with Gasteiger partial charge in [-0.2, -0.15) is 0 Å². The van der Waals surface area contributed by atoms with Crippen molar-refractivity contribution in [3.63, 3.8) is 0 Å². The van der Waals surface area contributed by atoms with Gasteiger partial charge in [0.25, 0.3) is 0 Å². The molecule has 0 bridgehead atoms. The van der Waals surface area contributed by atoms with Crippen LogP contribution in [0.15, 0.2) is 18.2 Å². The third-order valence-corrected chi connectivity index (χ3v) is 3.68. The molecule has 0 atom stereocenters. The summed E-state index contributed by atoms with van der Waals surface area (Å²) in [5.74, 6) is 0.156. The van der Waals surface area contributed by atoms with Gasteiger partial charge in [0, 0.05) is 11.4 Å². The molecule has 0 radical (unpaired) electrons. The number of nitrogens with zero attached hydrogens (tertiary/aromatic N) is 1. The summed E-state index contributed by atoms with van der Waals surface area (Å²) >= 11 is 1.40. The van der Waals surface area contributed by atoms with Gasteiger partial charge in [-0.25, -0.2) is 9.37 Å². The maximum absolute atomic E-state index is 13.8. The van der Waals surface area contributed by atoms with Crippen LogP contribution in [0.4, 0.5) is 4.39 Å². The van der Waals surface area contributed by atoms with Crippen molar-refractivity contribution in [2.45, 2.75) is 13.5 Å². The summed E-state index contributed by atoms with van der Waals surface area (Å²) in [4.78, 5) is 5.30. The number of benzene rings is 1. The number of hydrogen-bond acceptors (Lipinski definition) is 4. The minimum Gasteiger partial charge on any atom is -0.496 e. The van der Waals surface area contributed by atoms with Gasteiger partial charge >= 0.3 is 0 Å². The maximum atomic E-state index is 13.8. The Bertz CT molecular complexity index is 539. The summed E-state index contributed by atoms with van der Waals surface area (Å²) in [5.41, 5.74) is 6.85. The molecule has 0 saturated heterocycles. The number of ether oxygens (including phenoxy) is 1. The van der Waals surface area contributed by atoms with Crippen molar-refractivity contribution in [2.75, 3.05) is 7.11 Å². The largest absolute Gasteiger partial charge is 0.496 e. The summed E-state index contributed by atoms with van der Waals surface area (Å²) in [7, 11) is 1.52. The van der Waals surface area contributed by atoms with Gasteiger partial charge in [-0.15, -0.1) is 11.3 Å². The van der Waals surface area contributed by atoms with Crippen LogP contribution in [-0.2, 0) is 6.54 Å². The van der Waals surface area contributed by atoms with Crippen LogP contribution in [0.3, 0.4) is 0 Å². The van der Waals surface area contributed by atoms with Crippen molar-refractivity contribution in [1.82, 2.24) is 4.98 Å². The first kappa shape index (κ1) is 12.0. The average Bonchev–Trinajstić information content (AvgIpc) is 2.69. The number of aryl methyl sites for hydroxylation is 1. The van der Waals surface area contributed by atoms with E-state index in [1.54, 1.807) is 12.1 Å². The fourth-order valence-corrected chi connectivity index (χ4v) is 2.60. The van der Waals surface area contributed by atoms with Crippen molar-refractivity contribution in [2.24, 2.45) is 5.73 Å². The number of hydrogen-bond donors (Lipinski definition) is 1. The minimum absolute atomic E-state index is 0.332. The van der Waals surface area contributed by atoms with E-state index in [0.717, 1.165) is 10.6 Å². The van der Waals surface area contributed by atoms with Crippen LogP contribution < -0.4 is 10.5 Å². The zero-order chi connectivity index (χ0) is 12.4.